The maximum atomic E-state index is 14.1. The highest BCUT2D eigenvalue weighted by Gasteiger charge is 2.15. The van der Waals surface area contributed by atoms with E-state index in [0.29, 0.717) is 17.5 Å². The molecule has 0 unspecified atom stereocenters. The van der Waals surface area contributed by atoms with Crippen LogP contribution in [0, 0.1) is 5.82 Å². The van der Waals surface area contributed by atoms with Crippen molar-refractivity contribution in [1.82, 2.24) is 15.2 Å². The Hall–Kier alpha value is -3.59. The number of anilines is 1. The molecule has 0 saturated heterocycles. The SMILES string of the molecule is CCCS(=O)(=O)Nc1cc(F)cc(C(=O)c2ccc3ncc(-c4cn[nH]c4)cc3c2)c1. The number of hydrogen-bond donors (Lipinski definition) is 2. The molecule has 158 valence electrons. The Morgan fingerprint density at radius 1 is 1.06 bits per heavy atom. The van der Waals surface area contributed by atoms with Crippen LogP contribution in [0.2, 0.25) is 0 Å². The molecule has 0 saturated carbocycles. The summed E-state index contributed by atoms with van der Waals surface area (Å²) in [6.07, 6.45) is 5.55. The Morgan fingerprint density at radius 2 is 1.90 bits per heavy atom. The van der Waals surface area contributed by atoms with Crippen molar-refractivity contribution < 1.29 is 17.6 Å². The molecular formula is C22H19FN4O3S. The summed E-state index contributed by atoms with van der Waals surface area (Å²) in [7, 11) is -3.61. The summed E-state index contributed by atoms with van der Waals surface area (Å²) in [5.74, 6) is -1.22. The zero-order valence-electron chi connectivity index (χ0n) is 16.6. The number of aromatic nitrogens is 3. The highest BCUT2D eigenvalue weighted by atomic mass is 32.2. The molecule has 0 aliphatic carbocycles. The van der Waals surface area contributed by atoms with Gasteiger partial charge < -0.3 is 0 Å². The van der Waals surface area contributed by atoms with E-state index < -0.39 is 21.6 Å². The van der Waals surface area contributed by atoms with Gasteiger partial charge in [-0.25, -0.2) is 12.8 Å². The van der Waals surface area contributed by atoms with Gasteiger partial charge in [0, 0.05) is 40.0 Å². The second kappa shape index (κ2) is 8.27. The first-order valence-corrected chi connectivity index (χ1v) is 11.2. The molecule has 0 fully saturated rings. The molecule has 0 aliphatic rings. The second-order valence-corrected chi connectivity index (χ2v) is 8.94. The third-order valence-electron chi connectivity index (χ3n) is 4.68. The molecule has 0 bridgehead atoms. The second-order valence-electron chi connectivity index (χ2n) is 7.10. The number of aromatic amines is 1. The molecule has 0 amide bonds. The Kier molecular flexibility index (Phi) is 5.51. The minimum Gasteiger partial charge on any atom is -0.289 e. The number of pyridine rings is 1. The number of carbonyl (C=O) groups is 1. The van der Waals surface area contributed by atoms with E-state index >= 15 is 0 Å². The van der Waals surface area contributed by atoms with Crippen LogP contribution in [0.25, 0.3) is 22.0 Å². The summed E-state index contributed by atoms with van der Waals surface area (Å²) in [6.45, 7) is 1.73. The van der Waals surface area contributed by atoms with Crippen LogP contribution in [-0.4, -0.2) is 35.1 Å². The van der Waals surface area contributed by atoms with Crippen LogP contribution in [-0.2, 0) is 10.0 Å². The number of nitrogens with one attached hydrogen (secondary N) is 2. The van der Waals surface area contributed by atoms with Gasteiger partial charge in [0.15, 0.2) is 5.78 Å². The number of ketones is 1. The number of sulfonamides is 1. The quantitative estimate of drug-likeness (QED) is 0.422. The highest BCUT2D eigenvalue weighted by Crippen LogP contribution is 2.24. The molecule has 0 aliphatic heterocycles. The van der Waals surface area contributed by atoms with Gasteiger partial charge in [-0.3, -0.25) is 19.6 Å². The van der Waals surface area contributed by atoms with Crippen molar-refractivity contribution in [2.75, 3.05) is 10.5 Å². The van der Waals surface area contributed by atoms with E-state index in [-0.39, 0.29) is 17.0 Å². The largest absolute Gasteiger partial charge is 0.289 e. The smallest absolute Gasteiger partial charge is 0.232 e. The minimum atomic E-state index is -3.61. The topological polar surface area (TPSA) is 105 Å². The van der Waals surface area contributed by atoms with Crippen LogP contribution in [0.3, 0.4) is 0 Å². The van der Waals surface area contributed by atoms with Crippen molar-refractivity contribution in [2.24, 2.45) is 0 Å². The van der Waals surface area contributed by atoms with E-state index in [0.717, 1.165) is 28.6 Å². The van der Waals surface area contributed by atoms with Gasteiger partial charge in [0.1, 0.15) is 5.82 Å². The van der Waals surface area contributed by atoms with E-state index in [1.165, 1.54) is 6.07 Å². The first-order chi connectivity index (χ1) is 14.8. The van der Waals surface area contributed by atoms with Gasteiger partial charge in [-0.1, -0.05) is 6.92 Å². The summed E-state index contributed by atoms with van der Waals surface area (Å²) in [6, 6.07) is 10.4. The molecule has 0 spiro atoms. The molecule has 9 heteroatoms. The lowest BCUT2D eigenvalue weighted by Gasteiger charge is -2.10. The molecule has 7 nitrogen and oxygen atoms in total. The van der Waals surface area contributed by atoms with Crippen LogP contribution < -0.4 is 4.72 Å². The molecule has 4 rings (SSSR count). The van der Waals surface area contributed by atoms with Gasteiger partial charge in [0.05, 0.1) is 23.2 Å². The van der Waals surface area contributed by atoms with Crippen LogP contribution in [0.4, 0.5) is 10.1 Å². The molecule has 0 atom stereocenters. The first-order valence-electron chi connectivity index (χ1n) is 9.59. The predicted octanol–water partition coefficient (Wildman–Crippen LogP) is 4.15. The molecule has 0 radical (unpaired) electrons. The Labute approximate surface area is 178 Å². The van der Waals surface area contributed by atoms with E-state index in [2.05, 4.69) is 19.9 Å². The number of H-pyrrole nitrogens is 1. The fraction of sp³-hybridized carbons (Fsp3) is 0.136. The van der Waals surface area contributed by atoms with E-state index in [9.17, 15) is 17.6 Å². The van der Waals surface area contributed by atoms with Crippen LogP contribution in [0.15, 0.2) is 61.1 Å². The van der Waals surface area contributed by atoms with Crippen molar-refractivity contribution in [3.63, 3.8) is 0 Å². The monoisotopic (exact) mass is 438 g/mol. The van der Waals surface area contributed by atoms with Crippen LogP contribution in [0.5, 0.6) is 0 Å². The van der Waals surface area contributed by atoms with Gasteiger partial charge in [-0.2, -0.15) is 5.10 Å². The third kappa shape index (κ3) is 4.61. The number of benzene rings is 2. The van der Waals surface area contributed by atoms with Crippen molar-refractivity contribution >= 4 is 32.4 Å². The summed E-state index contributed by atoms with van der Waals surface area (Å²) in [5.41, 5.74) is 2.81. The maximum Gasteiger partial charge on any atom is 0.232 e. The van der Waals surface area contributed by atoms with Gasteiger partial charge in [0.25, 0.3) is 0 Å². The van der Waals surface area contributed by atoms with Gasteiger partial charge in [-0.05, 0) is 48.9 Å². The number of nitrogens with zero attached hydrogens (tertiary/aromatic N) is 2. The lowest BCUT2D eigenvalue weighted by Crippen LogP contribution is -2.16. The van der Waals surface area contributed by atoms with E-state index in [1.807, 2.05) is 6.07 Å². The lowest BCUT2D eigenvalue weighted by molar-refractivity contribution is 0.103. The average Bonchev–Trinajstić information content (AvgIpc) is 3.26. The molecule has 2 N–H and O–H groups in total. The Bertz CT molecular complexity index is 1370. The number of fused-ring (bicyclic) bond motifs is 1. The standard InChI is InChI=1S/C22H19FN4O3S/c1-2-5-31(29,30)27-20-9-16(8-19(23)10-20)22(28)14-3-4-21-15(6-14)7-17(11-24-21)18-12-25-26-13-18/h3-4,6-13,27H,2,5H2,1H3,(H,25,26). The summed E-state index contributed by atoms with van der Waals surface area (Å²) in [4.78, 5) is 17.4. The number of halogens is 1. The molecule has 31 heavy (non-hydrogen) atoms. The zero-order chi connectivity index (χ0) is 22.0. The summed E-state index contributed by atoms with van der Waals surface area (Å²) >= 11 is 0. The summed E-state index contributed by atoms with van der Waals surface area (Å²) in [5, 5.41) is 7.41. The first kappa shape index (κ1) is 20.7. The van der Waals surface area contributed by atoms with Crippen molar-refractivity contribution in [3.05, 3.63) is 78.0 Å². The zero-order valence-corrected chi connectivity index (χ0v) is 17.4. The normalized spacial score (nSPS) is 11.5. The van der Waals surface area contributed by atoms with Crippen LogP contribution in [0.1, 0.15) is 29.3 Å². The highest BCUT2D eigenvalue weighted by molar-refractivity contribution is 7.92. The predicted molar refractivity (Wildman–Crippen MR) is 117 cm³/mol. The van der Waals surface area contributed by atoms with Crippen LogP contribution >= 0.6 is 0 Å². The lowest BCUT2D eigenvalue weighted by atomic mass is 10.00. The van der Waals surface area contributed by atoms with E-state index in [4.69, 9.17) is 0 Å². The van der Waals surface area contributed by atoms with Gasteiger partial charge in [-0.15, -0.1) is 0 Å². The number of rotatable bonds is 7. The Morgan fingerprint density at radius 3 is 2.65 bits per heavy atom. The molecule has 2 heterocycles. The minimum absolute atomic E-state index is 0.0153. The third-order valence-corrected chi connectivity index (χ3v) is 6.17. The molecule has 2 aromatic heterocycles. The molecular weight excluding hydrogens is 419 g/mol. The van der Waals surface area contributed by atoms with Crippen molar-refractivity contribution in [3.8, 4) is 11.1 Å². The van der Waals surface area contributed by atoms with Crippen molar-refractivity contribution in [1.29, 1.82) is 0 Å². The maximum absolute atomic E-state index is 14.1. The fourth-order valence-electron chi connectivity index (χ4n) is 3.29. The summed E-state index contributed by atoms with van der Waals surface area (Å²) < 4.78 is 40.5. The number of hydrogen-bond acceptors (Lipinski definition) is 5. The Balaban J connectivity index is 1.69. The van der Waals surface area contributed by atoms with Crippen molar-refractivity contribution in [2.45, 2.75) is 13.3 Å². The number of carbonyl (C=O) groups excluding carboxylic acids is 1. The van der Waals surface area contributed by atoms with Gasteiger partial charge >= 0.3 is 0 Å². The van der Waals surface area contributed by atoms with Gasteiger partial charge in [0.2, 0.25) is 10.0 Å². The average molecular weight is 438 g/mol. The fourth-order valence-corrected chi connectivity index (χ4v) is 4.40. The molecule has 2 aromatic carbocycles. The van der Waals surface area contributed by atoms with E-state index in [1.54, 1.807) is 43.7 Å². The molecule has 4 aromatic rings.